The number of piperidine rings is 1. The van der Waals surface area contributed by atoms with Gasteiger partial charge in [-0.3, -0.25) is 9.52 Å². The van der Waals surface area contributed by atoms with Gasteiger partial charge in [0.25, 0.3) is 15.9 Å². The smallest absolute Gasteiger partial charge is 0.261 e. The summed E-state index contributed by atoms with van der Waals surface area (Å²) in [5.41, 5.74) is 0.473. The van der Waals surface area contributed by atoms with Crippen LogP contribution < -0.4 is 10.0 Å². The molecule has 8 nitrogen and oxygen atoms in total. The minimum Gasteiger partial charge on any atom is -0.348 e. The van der Waals surface area contributed by atoms with E-state index in [0.717, 1.165) is 6.26 Å². The van der Waals surface area contributed by atoms with Crippen molar-refractivity contribution in [3.05, 3.63) is 59.1 Å². The van der Waals surface area contributed by atoms with E-state index in [1.54, 1.807) is 18.2 Å². The Bertz CT molecular complexity index is 1150. The van der Waals surface area contributed by atoms with Crippen LogP contribution >= 0.6 is 11.6 Å². The lowest BCUT2D eigenvalue weighted by molar-refractivity contribution is 0.0921. The molecule has 1 fully saturated rings. The van der Waals surface area contributed by atoms with Gasteiger partial charge in [-0.05, 0) is 49.2 Å². The summed E-state index contributed by atoms with van der Waals surface area (Å²) < 4.78 is 52.6. The lowest BCUT2D eigenvalue weighted by Gasteiger charge is -2.31. The van der Waals surface area contributed by atoms with Gasteiger partial charge in [-0.1, -0.05) is 23.7 Å². The number of nitrogens with one attached hydrogen (secondary N) is 2. The quantitative estimate of drug-likeness (QED) is 0.671. The molecule has 0 saturated carbocycles. The molecule has 2 aromatic rings. The second-order valence-electron chi connectivity index (χ2n) is 7.08. The molecule has 0 bridgehead atoms. The first kappa shape index (κ1) is 22.5. The van der Waals surface area contributed by atoms with Gasteiger partial charge in [0.1, 0.15) is 0 Å². The van der Waals surface area contributed by atoms with E-state index in [1.165, 1.54) is 34.6 Å². The van der Waals surface area contributed by atoms with Crippen molar-refractivity contribution in [3.63, 3.8) is 0 Å². The van der Waals surface area contributed by atoms with Crippen LogP contribution in [0.1, 0.15) is 23.2 Å². The molecule has 1 unspecified atom stereocenters. The number of hydrogen-bond acceptors (Lipinski definition) is 5. The van der Waals surface area contributed by atoms with Crippen molar-refractivity contribution < 1.29 is 21.6 Å². The normalized spacial score (nSPS) is 18.0. The zero-order valence-electron chi connectivity index (χ0n) is 16.2. The number of amides is 1. The SMILES string of the molecule is CS(=O)(=O)N1CCCC(NC(=O)c2cccc(S(=O)(=O)Nc3cccc(Cl)c3)c2)C1. The molecule has 3 rings (SSSR count). The summed E-state index contributed by atoms with van der Waals surface area (Å²) in [6, 6.07) is 11.6. The minimum absolute atomic E-state index is 0.0727. The third kappa shape index (κ3) is 5.72. The molecule has 0 radical (unpaired) electrons. The van der Waals surface area contributed by atoms with E-state index in [9.17, 15) is 21.6 Å². The molecular weight excluding hydrogens is 450 g/mol. The molecule has 2 aromatic carbocycles. The van der Waals surface area contributed by atoms with Crippen LogP contribution in [0.4, 0.5) is 5.69 Å². The number of benzene rings is 2. The number of anilines is 1. The van der Waals surface area contributed by atoms with Crippen LogP contribution in [0.25, 0.3) is 0 Å². The summed E-state index contributed by atoms with van der Waals surface area (Å²) in [6.07, 6.45) is 2.42. The summed E-state index contributed by atoms with van der Waals surface area (Å²) in [4.78, 5) is 12.6. The van der Waals surface area contributed by atoms with Gasteiger partial charge in [-0.15, -0.1) is 0 Å². The van der Waals surface area contributed by atoms with E-state index in [0.29, 0.717) is 30.1 Å². The Morgan fingerprint density at radius 1 is 1.10 bits per heavy atom. The highest BCUT2D eigenvalue weighted by Crippen LogP contribution is 2.20. The highest BCUT2D eigenvalue weighted by Gasteiger charge is 2.27. The van der Waals surface area contributed by atoms with E-state index in [-0.39, 0.29) is 23.0 Å². The number of hydrogen-bond donors (Lipinski definition) is 2. The molecule has 30 heavy (non-hydrogen) atoms. The number of carbonyl (C=O) groups excluding carboxylic acids is 1. The zero-order chi connectivity index (χ0) is 21.9. The second kappa shape index (κ2) is 8.93. The molecule has 1 aliphatic rings. The fourth-order valence-corrected chi connectivity index (χ4v) is 5.40. The Morgan fingerprint density at radius 3 is 2.53 bits per heavy atom. The van der Waals surface area contributed by atoms with E-state index < -0.39 is 26.0 Å². The Balaban J connectivity index is 1.73. The largest absolute Gasteiger partial charge is 0.348 e. The summed E-state index contributed by atoms with van der Waals surface area (Å²) in [7, 11) is -7.26. The molecule has 0 aliphatic carbocycles. The lowest BCUT2D eigenvalue weighted by atomic mass is 10.1. The first-order valence-corrected chi connectivity index (χ1v) is 12.9. The van der Waals surface area contributed by atoms with Crippen molar-refractivity contribution in [3.8, 4) is 0 Å². The van der Waals surface area contributed by atoms with Crippen LogP contribution in [0.15, 0.2) is 53.4 Å². The molecule has 1 atom stereocenters. The summed E-state index contributed by atoms with van der Waals surface area (Å²) >= 11 is 5.89. The molecule has 1 amide bonds. The molecule has 0 spiro atoms. The van der Waals surface area contributed by atoms with Crippen molar-refractivity contribution in [2.45, 2.75) is 23.8 Å². The summed E-state index contributed by atoms with van der Waals surface area (Å²) in [5.74, 6) is -0.463. The van der Waals surface area contributed by atoms with Gasteiger partial charge in [-0.2, -0.15) is 0 Å². The number of halogens is 1. The molecular formula is C19H22ClN3O5S2. The van der Waals surface area contributed by atoms with Crippen molar-refractivity contribution in [2.24, 2.45) is 0 Å². The Kier molecular flexibility index (Phi) is 6.71. The van der Waals surface area contributed by atoms with Crippen molar-refractivity contribution in [2.75, 3.05) is 24.1 Å². The van der Waals surface area contributed by atoms with Crippen molar-refractivity contribution >= 4 is 43.2 Å². The van der Waals surface area contributed by atoms with Crippen LogP contribution in [0.5, 0.6) is 0 Å². The maximum atomic E-state index is 12.7. The Hall–Kier alpha value is -2.14. The van der Waals surface area contributed by atoms with E-state index >= 15 is 0 Å². The number of sulfonamides is 2. The van der Waals surface area contributed by atoms with Gasteiger partial charge >= 0.3 is 0 Å². The maximum Gasteiger partial charge on any atom is 0.261 e. The van der Waals surface area contributed by atoms with Gasteiger partial charge in [0, 0.05) is 29.7 Å². The predicted molar refractivity (Wildman–Crippen MR) is 116 cm³/mol. The Labute approximate surface area is 181 Å². The fraction of sp³-hybridized carbons (Fsp3) is 0.316. The van der Waals surface area contributed by atoms with Crippen LogP contribution in [-0.2, 0) is 20.0 Å². The molecule has 11 heteroatoms. The monoisotopic (exact) mass is 471 g/mol. The van der Waals surface area contributed by atoms with E-state index in [2.05, 4.69) is 10.0 Å². The van der Waals surface area contributed by atoms with Gasteiger partial charge in [-0.25, -0.2) is 21.1 Å². The van der Waals surface area contributed by atoms with E-state index in [1.807, 2.05) is 0 Å². The minimum atomic E-state index is -3.92. The van der Waals surface area contributed by atoms with Crippen molar-refractivity contribution in [1.29, 1.82) is 0 Å². The average Bonchev–Trinajstić information content (AvgIpc) is 2.67. The van der Waals surface area contributed by atoms with Crippen molar-refractivity contribution in [1.82, 2.24) is 9.62 Å². The Morgan fingerprint density at radius 2 is 1.83 bits per heavy atom. The maximum absolute atomic E-state index is 12.7. The second-order valence-corrected chi connectivity index (χ2v) is 11.2. The molecule has 1 aliphatic heterocycles. The first-order valence-electron chi connectivity index (χ1n) is 9.19. The summed E-state index contributed by atoms with van der Waals surface area (Å²) in [5, 5.41) is 3.18. The third-order valence-corrected chi connectivity index (χ3v) is 7.56. The number of rotatable bonds is 6. The topological polar surface area (TPSA) is 113 Å². The first-order chi connectivity index (χ1) is 14.0. The average molecular weight is 472 g/mol. The highest BCUT2D eigenvalue weighted by molar-refractivity contribution is 7.92. The standard InChI is InChI=1S/C19H22ClN3O5S2/c1-29(25,26)23-10-4-8-17(13-23)21-19(24)14-5-2-9-18(11-14)30(27,28)22-16-7-3-6-15(20)12-16/h2-3,5-7,9,11-12,17,22H,4,8,10,13H2,1H3,(H,21,24). The van der Waals surface area contributed by atoms with Crippen LogP contribution in [0, 0.1) is 0 Å². The third-order valence-electron chi connectivity index (χ3n) is 4.67. The number of nitrogens with zero attached hydrogens (tertiary/aromatic N) is 1. The van der Waals surface area contributed by atoms with Gasteiger partial charge in [0.15, 0.2) is 0 Å². The molecule has 0 aromatic heterocycles. The molecule has 1 saturated heterocycles. The van der Waals surface area contributed by atoms with Crippen LogP contribution in [0.3, 0.4) is 0 Å². The summed E-state index contributed by atoms with van der Waals surface area (Å²) in [6.45, 7) is 0.618. The fourth-order valence-electron chi connectivity index (χ4n) is 3.20. The predicted octanol–water partition coefficient (Wildman–Crippen LogP) is 2.29. The zero-order valence-corrected chi connectivity index (χ0v) is 18.6. The highest BCUT2D eigenvalue weighted by atomic mass is 35.5. The molecule has 162 valence electrons. The molecule has 2 N–H and O–H groups in total. The van der Waals surface area contributed by atoms with Gasteiger partial charge in [0.05, 0.1) is 16.8 Å². The lowest BCUT2D eigenvalue weighted by Crippen LogP contribution is -2.49. The number of carbonyl (C=O) groups is 1. The van der Waals surface area contributed by atoms with Gasteiger partial charge in [0.2, 0.25) is 10.0 Å². The van der Waals surface area contributed by atoms with Gasteiger partial charge < -0.3 is 5.32 Å². The van der Waals surface area contributed by atoms with Crippen LogP contribution in [0.2, 0.25) is 5.02 Å². The van der Waals surface area contributed by atoms with E-state index in [4.69, 9.17) is 11.6 Å². The molecule has 1 heterocycles. The van der Waals surface area contributed by atoms with Crippen LogP contribution in [-0.4, -0.2) is 52.4 Å².